The predicted octanol–water partition coefficient (Wildman–Crippen LogP) is 1.97. The minimum atomic E-state index is 0.0911. The molecule has 3 nitrogen and oxygen atoms in total. The lowest BCUT2D eigenvalue weighted by Crippen LogP contribution is -2.18. The number of carbonyl (C=O) groups is 1. The van der Waals surface area contributed by atoms with E-state index in [0.717, 1.165) is 17.9 Å². The lowest BCUT2D eigenvalue weighted by molar-refractivity contribution is 0.0970. The van der Waals surface area contributed by atoms with Gasteiger partial charge in [-0.3, -0.25) is 9.69 Å². The maximum Gasteiger partial charge on any atom is 0.181 e. The Morgan fingerprint density at radius 2 is 2.00 bits per heavy atom. The molecule has 3 heteroatoms. The van der Waals surface area contributed by atoms with E-state index in [2.05, 4.69) is 18.7 Å². The Kier molecular flexibility index (Phi) is 2.97. The third-order valence-electron chi connectivity index (χ3n) is 2.99. The molecule has 2 atom stereocenters. The highest BCUT2D eigenvalue weighted by molar-refractivity contribution is 6.02. The zero-order valence-electron chi connectivity index (χ0n) is 9.93. The summed E-state index contributed by atoms with van der Waals surface area (Å²) in [6.07, 6.45) is 0. The zero-order valence-corrected chi connectivity index (χ0v) is 9.93. The Morgan fingerprint density at radius 1 is 1.38 bits per heavy atom. The molecule has 0 amide bonds. The van der Waals surface area contributed by atoms with Crippen LogP contribution in [0.3, 0.4) is 0 Å². The van der Waals surface area contributed by atoms with Crippen molar-refractivity contribution in [3.63, 3.8) is 0 Å². The summed E-state index contributed by atoms with van der Waals surface area (Å²) in [6, 6.07) is 7.86. The number of ether oxygens (including phenoxy) is 1. The molecule has 0 N–H and O–H groups in total. The molecule has 2 rings (SSSR count). The van der Waals surface area contributed by atoms with Gasteiger partial charge in [-0.05, 0) is 38.1 Å². The number of hydrogen-bond donors (Lipinski definition) is 0. The van der Waals surface area contributed by atoms with E-state index in [0.29, 0.717) is 6.04 Å². The Hall–Kier alpha value is -1.35. The van der Waals surface area contributed by atoms with Gasteiger partial charge in [0.25, 0.3) is 0 Å². The largest absolute Gasteiger partial charge is 0.497 e. The van der Waals surface area contributed by atoms with Crippen molar-refractivity contribution in [3.05, 3.63) is 29.8 Å². The summed E-state index contributed by atoms with van der Waals surface area (Å²) >= 11 is 0. The molecule has 0 saturated carbocycles. The molecule has 0 radical (unpaired) electrons. The second-order valence-electron chi connectivity index (χ2n) is 4.40. The minimum Gasteiger partial charge on any atom is -0.497 e. The molecular formula is C13H17NO2. The van der Waals surface area contributed by atoms with Crippen molar-refractivity contribution < 1.29 is 9.53 Å². The third kappa shape index (κ3) is 2.09. The van der Waals surface area contributed by atoms with Crippen LogP contribution in [0.5, 0.6) is 5.75 Å². The molecule has 1 fully saturated rings. The average molecular weight is 219 g/mol. The predicted molar refractivity (Wildman–Crippen MR) is 63.0 cm³/mol. The SMILES string of the molecule is COc1ccc(C(=O)C2CN2C(C)C)cc1. The van der Waals surface area contributed by atoms with Crippen LogP contribution in [-0.4, -0.2) is 36.4 Å². The highest BCUT2D eigenvalue weighted by Gasteiger charge is 2.41. The van der Waals surface area contributed by atoms with Crippen molar-refractivity contribution in [1.82, 2.24) is 4.90 Å². The normalized spacial score (nSPS) is 23.2. The molecule has 86 valence electrons. The fourth-order valence-corrected chi connectivity index (χ4v) is 1.90. The number of rotatable bonds is 4. The van der Waals surface area contributed by atoms with Crippen molar-refractivity contribution in [1.29, 1.82) is 0 Å². The van der Waals surface area contributed by atoms with Crippen molar-refractivity contribution >= 4 is 5.78 Å². The molecule has 1 aliphatic heterocycles. The second kappa shape index (κ2) is 4.26. The zero-order chi connectivity index (χ0) is 11.7. The molecule has 1 aromatic carbocycles. The van der Waals surface area contributed by atoms with E-state index in [-0.39, 0.29) is 11.8 Å². The Balaban J connectivity index is 2.05. The molecule has 16 heavy (non-hydrogen) atoms. The molecule has 1 aromatic rings. The summed E-state index contributed by atoms with van der Waals surface area (Å²) in [5.41, 5.74) is 0.772. The fourth-order valence-electron chi connectivity index (χ4n) is 1.90. The molecule has 1 heterocycles. The lowest BCUT2D eigenvalue weighted by atomic mass is 10.1. The van der Waals surface area contributed by atoms with Crippen LogP contribution in [0.2, 0.25) is 0 Å². The van der Waals surface area contributed by atoms with Gasteiger partial charge in [0.1, 0.15) is 5.75 Å². The van der Waals surface area contributed by atoms with Crippen LogP contribution >= 0.6 is 0 Å². The maximum absolute atomic E-state index is 12.0. The number of methoxy groups -OCH3 is 1. The number of Topliss-reactive ketones (excluding diaryl/α,β-unsaturated/α-hetero) is 1. The molecule has 1 saturated heterocycles. The van der Waals surface area contributed by atoms with Gasteiger partial charge in [0, 0.05) is 18.2 Å². The number of carbonyl (C=O) groups excluding carboxylic acids is 1. The van der Waals surface area contributed by atoms with E-state index in [4.69, 9.17) is 4.74 Å². The second-order valence-corrected chi connectivity index (χ2v) is 4.40. The van der Waals surface area contributed by atoms with E-state index in [1.54, 1.807) is 7.11 Å². The molecule has 0 aliphatic carbocycles. The number of hydrogen-bond acceptors (Lipinski definition) is 3. The highest BCUT2D eigenvalue weighted by Crippen LogP contribution is 2.25. The van der Waals surface area contributed by atoms with E-state index in [9.17, 15) is 4.79 Å². The van der Waals surface area contributed by atoms with Gasteiger partial charge >= 0.3 is 0 Å². The van der Waals surface area contributed by atoms with Crippen molar-refractivity contribution in [3.8, 4) is 5.75 Å². The Morgan fingerprint density at radius 3 is 2.44 bits per heavy atom. The Labute approximate surface area is 96.0 Å². The quantitative estimate of drug-likeness (QED) is 0.572. The summed E-state index contributed by atoms with van der Waals surface area (Å²) in [7, 11) is 1.62. The first-order chi connectivity index (χ1) is 7.63. The topological polar surface area (TPSA) is 29.3 Å². The van der Waals surface area contributed by atoms with Gasteiger partial charge in [0.15, 0.2) is 5.78 Å². The van der Waals surface area contributed by atoms with Crippen LogP contribution in [0, 0.1) is 0 Å². The monoisotopic (exact) mass is 219 g/mol. The molecule has 0 spiro atoms. The first kappa shape index (κ1) is 11.1. The van der Waals surface area contributed by atoms with Gasteiger partial charge in [0.2, 0.25) is 0 Å². The Bertz CT molecular complexity index is 383. The average Bonchev–Trinajstić information content (AvgIpc) is 3.08. The molecule has 1 aliphatic rings. The van der Waals surface area contributed by atoms with Crippen LogP contribution in [0.4, 0.5) is 0 Å². The third-order valence-corrected chi connectivity index (χ3v) is 2.99. The molecule has 0 bridgehead atoms. The fraction of sp³-hybridized carbons (Fsp3) is 0.462. The first-order valence-corrected chi connectivity index (χ1v) is 5.57. The smallest absolute Gasteiger partial charge is 0.181 e. The minimum absolute atomic E-state index is 0.0911. The molecule has 0 aromatic heterocycles. The summed E-state index contributed by atoms with van der Waals surface area (Å²) < 4.78 is 5.06. The molecular weight excluding hydrogens is 202 g/mol. The van der Waals surface area contributed by atoms with Crippen molar-refractivity contribution in [2.45, 2.75) is 25.9 Å². The van der Waals surface area contributed by atoms with Crippen molar-refractivity contribution in [2.75, 3.05) is 13.7 Å². The summed E-state index contributed by atoms with van der Waals surface area (Å²) in [4.78, 5) is 14.2. The summed E-state index contributed by atoms with van der Waals surface area (Å²) in [6.45, 7) is 5.12. The van der Waals surface area contributed by atoms with E-state index in [1.165, 1.54) is 0 Å². The molecule has 2 unspecified atom stereocenters. The summed E-state index contributed by atoms with van der Waals surface area (Å²) in [5, 5.41) is 0. The van der Waals surface area contributed by atoms with Gasteiger partial charge in [-0.2, -0.15) is 0 Å². The first-order valence-electron chi connectivity index (χ1n) is 5.57. The van der Waals surface area contributed by atoms with E-state index >= 15 is 0 Å². The summed E-state index contributed by atoms with van der Waals surface area (Å²) in [5.74, 6) is 1.00. The van der Waals surface area contributed by atoms with E-state index < -0.39 is 0 Å². The number of ketones is 1. The number of benzene rings is 1. The van der Waals surface area contributed by atoms with Crippen LogP contribution in [-0.2, 0) is 0 Å². The van der Waals surface area contributed by atoms with Crippen LogP contribution in [0.25, 0.3) is 0 Å². The van der Waals surface area contributed by atoms with Crippen LogP contribution in [0.1, 0.15) is 24.2 Å². The van der Waals surface area contributed by atoms with Crippen LogP contribution in [0.15, 0.2) is 24.3 Å². The lowest BCUT2D eigenvalue weighted by Gasteiger charge is -2.07. The standard InChI is InChI=1S/C13H17NO2/c1-9(2)14-8-12(14)13(15)10-4-6-11(16-3)7-5-10/h4-7,9,12H,8H2,1-3H3. The van der Waals surface area contributed by atoms with Gasteiger partial charge in [-0.25, -0.2) is 0 Å². The number of nitrogens with zero attached hydrogens (tertiary/aromatic N) is 1. The highest BCUT2D eigenvalue weighted by atomic mass is 16.5. The van der Waals surface area contributed by atoms with E-state index in [1.807, 2.05) is 24.3 Å². The van der Waals surface area contributed by atoms with Gasteiger partial charge in [-0.15, -0.1) is 0 Å². The van der Waals surface area contributed by atoms with Crippen molar-refractivity contribution in [2.24, 2.45) is 0 Å². The van der Waals surface area contributed by atoms with Gasteiger partial charge < -0.3 is 4.74 Å². The van der Waals surface area contributed by atoms with Gasteiger partial charge in [0.05, 0.1) is 13.2 Å². The van der Waals surface area contributed by atoms with Gasteiger partial charge in [-0.1, -0.05) is 0 Å². The van der Waals surface area contributed by atoms with Crippen LogP contribution < -0.4 is 4.74 Å². The maximum atomic E-state index is 12.0.